The number of fused-ring (bicyclic) bond motifs is 8. The van der Waals surface area contributed by atoms with Gasteiger partial charge in [-0.05, 0) is 41.8 Å². The Balaban J connectivity index is 0.000000608. The van der Waals surface area contributed by atoms with E-state index < -0.39 is 0 Å². The number of hydrogen-bond donors (Lipinski definition) is 0. The number of aromatic nitrogens is 1. The summed E-state index contributed by atoms with van der Waals surface area (Å²) in [5, 5.41) is 10.9. The second-order valence-electron chi connectivity index (χ2n) is 9.33. The summed E-state index contributed by atoms with van der Waals surface area (Å²) in [6.07, 6.45) is 0. The third kappa shape index (κ3) is 3.30. The van der Waals surface area contributed by atoms with Crippen LogP contribution in [0, 0.1) is 0 Å². The van der Waals surface area contributed by atoms with E-state index in [2.05, 4.69) is 108 Å². The van der Waals surface area contributed by atoms with Gasteiger partial charge in [-0.25, -0.2) is 0 Å². The monoisotopic (exact) mass is 539 g/mol. The van der Waals surface area contributed by atoms with Crippen molar-refractivity contribution in [1.29, 1.82) is 0 Å². The van der Waals surface area contributed by atoms with Crippen molar-refractivity contribution in [2.75, 3.05) is 0 Å². The van der Waals surface area contributed by atoms with Crippen LogP contribution in [0.2, 0.25) is 0 Å². The first-order valence-corrected chi connectivity index (χ1v) is 15.5. The van der Waals surface area contributed by atoms with Crippen LogP contribution in [0.25, 0.3) is 78.6 Å². The molecule has 0 fully saturated rings. The summed E-state index contributed by atoms with van der Waals surface area (Å²) in [5.74, 6) is 0. The molecule has 0 atom stereocenters. The Bertz CT molecular complexity index is 2260. The SMILES string of the molecule is CC.CC.c1ccc(-n2c3cc4c5ccccc5sc4c4ccc5cc6c7ccccc7sc6c2c5c43)cc1. The lowest BCUT2D eigenvalue weighted by Crippen LogP contribution is -1.93. The Morgan fingerprint density at radius 1 is 0.487 bits per heavy atom. The molecule has 0 bridgehead atoms. The molecule has 0 saturated heterocycles. The highest BCUT2D eigenvalue weighted by atomic mass is 32.1. The Hall–Kier alpha value is -3.92. The largest absolute Gasteiger partial charge is 0.308 e. The van der Waals surface area contributed by atoms with Crippen molar-refractivity contribution < 1.29 is 0 Å². The molecular weight excluding hydrogens is 511 g/mol. The fourth-order valence-electron chi connectivity index (χ4n) is 6.08. The Morgan fingerprint density at radius 3 is 1.77 bits per heavy atom. The minimum Gasteiger partial charge on any atom is -0.308 e. The highest BCUT2D eigenvalue weighted by Gasteiger charge is 2.23. The predicted molar refractivity (Wildman–Crippen MR) is 178 cm³/mol. The van der Waals surface area contributed by atoms with Crippen LogP contribution in [0.15, 0.2) is 103 Å². The van der Waals surface area contributed by atoms with E-state index in [1.165, 1.54) is 78.6 Å². The van der Waals surface area contributed by atoms with Gasteiger partial charge in [-0.15, -0.1) is 22.7 Å². The summed E-state index contributed by atoms with van der Waals surface area (Å²) < 4.78 is 7.99. The lowest BCUT2D eigenvalue weighted by atomic mass is 9.98. The van der Waals surface area contributed by atoms with Crippen molar-refractivity contribution >= 4 is 95.6 Å². The molecule has 9 rings (SSSR count). The van der Waals surface area contributed by atoms with Crippen molar-refractivity contribution in [3.8, 4) is 5.69 Å². The van der Waals surface area contributed by atoms with Crippen LogP contribution in [0.3, 0.4) is 0 Å². The van der Waals surface area contributed by atoms with Crippen molar-refractivity contribution in [3.63, 3.8) is 0 Å². The van der Waals surface area contributed by atoms with Gasteiger partial charge < -0.3 is 4.57 Å². The molecule has 3 aromatic heterocycles. The van der Waals surface area contributed by atoms with Gasteiger partial charge in [0.2, 0.25) is 0 Å². The van der Waals surface area contributed by atoms with E-state index in [1.807, 2.05) is 50.4 Å². The lowest BCUT2D eigenvalue weighted by Gasteiger charge is -2.08. The van der Waals surface area contributed by atoms with E-state index >= 15 is 0 Å². The summed E-state index contributed by atoms with van der Waals surface area (Å²) in [7, 11) is 0. The van der Waals surface area contributed by atoms with Gasteiger partial charge in [0, 0.05) is 57.5 Å². The number of para-hydroxylation sites is 1. The van der Waals surface area contributed by atoms with Gasteiger partial charge in [-0.1, -0.05) is 94.4 Å². The van der Waals surface area contributed by atoms with Crippen LogP contribution in [0.4, 0.5) is 0 Å². The van der Waals surface area contributed by atoms with Gasteiger partial charge in [0.05, 0.1) is 15.7 Å². The Kier molecular flexibility index (Phi) is 5.80. The lowest BCUT2D eigenvalue weighted by molar-refractivity contribution is 1.19. The molecule has 0 unspecified atom stereocenters. The van der Waals surface area contributed by atoms with Crippen LogP contribution >= 0.6 is 22.7 Å². The first-order chi connectivity index (χ1) is 19.4. The van der Waals surface area contributed by atoms with Gasteiger partial charge in [-0.2, -0.15) is 0 Å². The molecule has 0 radical (unpaired) electrons. The Morgan fingerprint density at radius 2 is 1.08 bits per heavy atom. The summed E-state index contributed by atoms with van der Waals surface area (Å²) in [6, 6.07) is 38.1. The second-order valence-corrected chi connectivity index (χ2v) is 11.4. The third-order valence-electron chi connectivity index (χ3n) is 7.52. The molecule has 3 heterocycles. The van der Waals surface area contributed by atoms with Crippen molar-refractivity contribution in [2.24, 2.45) is 0 Å². The molecule has 0 aliphatic carbocycles. The maximum Gasteiger partial charge on any atom is 0.0726 e. The van der Waals surface area contributed by atoms with Gasteiger partial charge in [0.15, 0.2) is 0 Å². The Labute approximate surface area is 235 Å². The topological polar surface area (TPSA) is 4.93 Å². The van der Waals surface area contributed by atoms with Crippen LogP contribution in [-0.2, 0) is 0 Å². The average molecular weight is 540 g/mol. The molecule has 190 valence electrons. The number of benzene rings is 6. The zero-order valence-electron chi connectivity index (χ0n) is 22.6. The molecule has 9 aromatic rings. The number of thiophene rings is 2. The van der Waals surface area contributed by atoms with E-state index in [4.69, 9.17) is 0 Å². The van der Waals surface area contributed by atoms with Crippen LogP contribution in [-0.4, -0.2) is 4.57 Å². The molecule has 0 saturated carbocycles. The van der Waals surface area contributed by atoms with E-state index in [9.17, 15) is 0 Å². The van der Waals surface area contributed by atoms with Crippen LogP contribution in [0.1, 0.15) is 27.7 Å². The molecule has 0 aliphatic heterocycles. The molecule has 0 N–H and O–H groups in total. The molecular formula is C36H29NS2. The minimum atomic E-state index is 1.22. The van der Waals surface area contributed by atoms with Gasteiger partial charge in [0.25, 0.3) is 0 Å². The van der Waals surface area contributed by atoms with Gasteiger partial charge in [0.1, 0.15) is 0 Å². The third-order valence-corrected chi connectivity index (χ3v) is 9.93. The normalized spacial score (nSPS) is 11.6. The van der Waals surface area contributed by atoms with Gasteiger partial charge >= 0.3 is 0 Å². The van der Waals surface area contributed by atoms with Crippen molar-refractivity contribution in [2.45, 2.75) is 27.7 Å². The standard InChI is InChI=1S/C32H17NS2.2C2H6/c1-2-8-19(9-3-1)33-25-17-24-21-11-5-6-12-26(21)34-31(24)22-15-14-18-16-23-20-10-4-7-13-27(20)35-32(23)30(33)28(18)29(22)25;2*1-2/h1-17H;2*1-2H3. The zero-order valence-corrected chi connectivity index (χ0v) is 24.2. The molecule has 3 heteroatoms. The van der Waals surface area contributed by atoms with E-state index in [-0.39, 0.29) is 0 Å². The summed E-state index contributed by atoms with van der Waals surface area (Å²) in [5.41, 5.74) is 3.86. The molecule has 39 heavy (non-hydrogen) atoms. The van der Waals surface area contributed by atoms with E-state index in [1.54, 1.807) is 0 Å². The van der Waals surface area contributed by atoms with Crippen molar-refractivity contribution in [3.05, 3.63) is 103 Å². The number of nitrogens with zero attached hydrogens (tertiary/aromatic N) is 1. The number of hydrogen-bond acceptors (Lipinski definition) is 2. The minimum absolute atomic E-state index is 1.22. The molecule has 0 spiro atoms. The van der Waals surface area contributed by atoms with Crippen molar-refractivity contribution in [1.82, 2.24) is 4.57 Å². The molecule has 1 nitrogen and oxygen atoms in total. The predicted octanol–water partition coefficient (Wildman–Crippen LogP) is 12.2. The summed E-state index contributed by atoms with van der Waals surface area (Å²) >= 11 is 3.84. The summed E-state index contributed by atoms with van der Waals surface area (Å²) in [6.45, 7) is 8.00. The molecule has 0 aliphatic rings. The zero-order chi connectivity index (χ0) is 26.7. The first kappa shape index (κ1) is 24.1. The average Bonchev–Trinajstić information content (AvgIpc) is 3.68. The second kappa shape index (κ2) is 9.37. The van der Waals surface area contributed by atoms with E-state index in [0.717, 1.165) is 0 Å². The first-order valence-electron chi connectivity index (χ1n) is 13.9. The maximum atomic E-state index is 2.52. The molecule has 6 aromatic carbocycles. The van der Waals surface area contributed by atoms with E-state index in [0.29, 0.717) is 0 Å². The number of rotatable bonds is 1. The fourth-order valence-corrected chi connectivity index (χ4v) is 8.51. The fraction of sp³-hybridized carbons (Fsp3) is 0.111. The summed E-state index contributed by atoms with van der Waals surface area (Å²) in [4.78, 5) is 0. The highest BCUT2D eigenvalue weighted by molar-refractivity contribution is 7.27. The highest BCUT2D eigenvalue weighted by Crippen LogP contribution is 2.50. The quantitative estimate of drug-likeness (QED) is 0.183. The van der Waals surface area contributed by atoms with Crippen LogP contribution < -0.4 is 0 Å². The smallest absolute Gasteiger partial charge is 0.0726 e. The van der Waals surface area contributed by atoms with Crippen LogP contribution in [0.5, 0.6) is 0 Å². The van der Waals surface area contributed by atoms with Gasteiger partial charge in [-0.3, -0.25) is 0 Å². The maximum absolute atomic E-state index is 2.52. The molecule has 0 amide bonds.